The Labute approximate surface area is 154 Å². The van der Waals surface area contributed by atoms with E-state index in [-0.39, 0.29) is 12.5 Å². The van der Waals surface area contributed by atoms with Crippen LogP contribution in [0.2, 0.25) is 0 Å². The van der Waals surface area contributed by atoms with Gasteiger partial charge in [-0.1, -0.05) is 30.3 Å². The minimum Gasteiger partial charge on any atom is -0.449 e. The summed E-state index contributed by atoms with van der Waals surface area (Å²) < 4.78 is 5.39. The summed E-state index contributed by atoms with van der Waals surface area (Å²) in [6, 6.07) is 14.3. The molecule has 4 rings (SSSR count). The lowest BCUT2D eigenvalue weighted by molar-refractivity contribution is -0.128. The van der Waals surface area contributed by atoms with Crippen molar-refractivity contribution in [2.24, 2.45) is 0 Å². The Morgan fingerprint density at radius 1 is 1.11 bits per heavy atom. The van der Waals surface area contributed by atoms with Crippen LogP contribution in [0, 0.1) is 0 Å². The van der Waals surface area contributed by atoms with Crippen molar-refractivity contribution in [3.05, 3.63) is 60.3 Å². The minimum atomic E-state index is -1.04. The molecule has 2 amide bonds. The van der Waals surface area contributed by atoms with Gasteiger partial charge in [0, 0.05) is 17.1 Å². The molecule has 1 aliphatic rings. The predicted molar refractivity (Wildman–Crippen MR) is 101 cm³/mol. The van der Waals surface area contributed by atoms with Crippen LogP contribution in [0.15, 0.2) is 54.7 Å². The first kappa shape index (κ1) is 16.8. The van der Waals surface area contributed by atoms with E-state index >= 15 is 0 Å². The van der Waals surface area contributed by atoms with E-state index in [0.29, 0.717) is 16.9 Å². The number of benzene rings is 2. The number of aromatic nitrogens is 1. The summed E-state index contributed by atoms with van der Waals surface area (Å²) in [7, 11) is 0. The third-order valence-electron chi connectivity index (χ3n) is 4.48. The monoisotopic (exact) mass is 363 g/mol. The standard InChI is InChI=1S/C20H17N3O4/c1-12(27-20(26)14-10-21-15-7-3-2-6-13(14)15)19(25)23-11-18(24)22-16-8-4-5-9-17(16)23/h2-10,12,21H,11H2,1H3,(H,22,24)/t12-/m1/s1. The number of anilines is 2. The number of carbonyl (C=O) groups excluding carboxylic acids is 3. The highest BCUT2D eigenvalue weighted by atomic mass is 16.5. The van der Waals surface area contributed by atoms with Crippen LogP contribution < -0.4 is 10.2 Å². The van der Waals surface area contributed by atoms with Crippen LogP contribution in [-0.4, -0.2) is 35.4 Å². The van der Waals surface area contributed by atoms with E-state index in [1.165, 1.54) is 11.8 Å². The lowest BCUT2D eigenvalue weighted by Crippen LogP contribution is -2.47. The van der Waals surface area contributed by atoms with Crippen LogP contribution in [0.25, 0.3) is 10.9 Å². The number of H-pyrrole nitrogens is 1. The lowest BCUT2D eigenvalue weighted by Gasteiger charge is -2.30. The number of amides is 2. The van der Waals surface area contributed by atoms with Crippen molar-refractivity contribution in [1.29, 1.82) is 0 Å². The molecule has 0 bridgehead atoms. The lowest BCUT2D eigenvalue weighted by atomic mass is 10.1. The fourth-order valence-corrected chi connectivity index (χ4v) is 3.16. The zero-order valence-electron chi connectivity index (χ0n) is 14.6. The number of nitrogens with one attached hydrogen (secondary N) is 2. The molecular formula is C20H17N3O4. The Morgan fingerprint density at radius 3 is 2.70 bits per heavy atom. The molecule has 0 saturated carbocycles. The van der Waals surface area contributed by atoms with Crippen molar-refractivity contribution < 1.29 is 19.1 Å². The van der Waals surface area contributed by atoms with Crippen molar-refractivity contribution in [2.45, 2.75) is 13.0 Å². The number of esters is 1. The fraction of sp³-hybridized carbons (Fsp3) is 0.150. The van der Waals surface area contributed by atoms with Gasteiger partial charge in [0.25, 0.3) is 5.91 Å². The number of ether oxygens (including phenoxy) is 1. The SMILES string of the molecule is C[C@@H](OC(=O)c1c[nH]c2ccccc12)C(=O)N1CC(=O)Nc2ccccc21. The summed E-state index contributed by atoms with van der Waals surface area (Å²) in [6.07, 6.45) is 0.526. The van der Waals surface area contributed by atoms with Crippen LogP contribution in [-0.2, 0) is 14.3 Å². The van der Waals surface area contributed by atoms with E-state index in [0.717, 1.165) is 10.9 Å². The molecule has 1 aliphatic heterocycles. The van der Waals surface area contributed by atoms with Crippen LogP contribution in [0.4, 0.5) is 11.4 Å². The zero-order valence-corrected chi connectivity index (χ0v) is 14.6. The third-order valence-corrected chi connectivity index (χ3v) is 4.48. The first-order chi connectivity index (χ1) is 13.0. The molecule has 0 aliphatic carbocycles. The van der Waals surface area contributed by atoms with E-state index in [2.05, 4.69) is 10.3 Å². The van der Waals surface area contributed by atoms with E-state index in [4.69, 9.17) is 4.74 Å². The molecule has 1 aromatic heterocycles. The van der Waals surface area contributed by atoms with Crippen molar-refractivity contribution in [3.8, 4) is 0 Å². The van der Waals surface area contributed by atoms with Gasteiger partial charge in [-0.2, -0.15) is 0 Å². The molecule has 136 valence electrons. The fourth-order valence-electron chi connectivity index (χ4n) is 3.16. The Bertz CT molecular complexity index is 1060. The van der Waals surface area contributed by atoms with Gasteiger partial charge in [-0.25, -0.2) is 4.79 Å². The quantitative estimate of drug-likeness (QED) is 0.700. The van der Waals surface area contributed by atoms with Gasteiger partial charge in [0.05, 0.1) is 16.9 Å². The van der Waals surface area contributed by atoms with Gasteiger partial charge in [-0.05, 0) is 25.1 Å². The maximum atomic E-state index is 12.8. The Hall–Kier alpha value is -3.61. The highest BCUT2D eigenvalue weighted by Gasteiger charge is 2.31. The summed E-state index contributed by atoms with van der Waals surface area (Å²) in [6.45, 7) is 1.38. The number of para-hydroxylation sites is 3. The second-order valence-corrected chi connectivity index (χ2v) is 6.29. The summed E-state index contributed by atoms with van der Waals surface area (Å²) in [5.74, 6) is -1.34. The van der Waals surface area contributed by atoms with Gasteiger partial charge in [-0.15, -0.1) is 0 Å². The van der Waals surface area contributed by atoms with Crippen molar-refractivity contribution >= 4 is 40.1 Å². The second kappa shape index (κ2) is 6.60. The van der Waals surface area contributed by atoms with E-state index in [9.17, 15) is 14.4 Å². The summed E-state index contributed by atoms with van der Waals surface area (Å²) in [5.41, 5.74) is 2.31. The van der Waals surface area contributed by atoms with E-state index in [1.807, 2.05) is 18.2 Å². The predicted octanol–water partition coefficient (Wildman–Crippen LogP) is 2.70. The summed E-state index contributed by atoms with van der Waals surface area (Å²) in [5, 5.41) is 3.45. The van der Waals surface area contributed by atoms with Gasteiger partial charge >= 0.3 is 5.97 Å². The Morgan fingerprint density at radius 2 is 1.85 bits per heavy atom. The zero-order chi connectivity index (χ0) is 19.0. The van der Waals surface area contributed by atoms with Gasteiger partial charge in [0.2, 0.25) is 5.91 Å². The van der Waals surface area contributed by atoms with Crippen molar-refractivity contribution in [1.82, 2.24) is 4.98 Å². The molecule has 1 atom stereocenters. The van der Waals surface area contributed by atoms with Gasteiger partial charge in [-0.3, -0.25) is 14.5 Å². The van der Waals surface area contributed by atoms with E-state index in [1.54, 1.807) is 36.5 Å². The maximum Gasteiger partial charge on any atom is 0.341 e. The second-order valence-electron chi connectivity index (χ2n) is 6.29. The maximum absolute atomic E-state index is 12.8. The molecule has 7 nitrogen and oxygen atoms in total. The minimum absolute atomic E-state index is 0.120. The number of nitrogens with zero attached hydrogens (tertiary/aromatic N) is 1. The molecule has 0 saturated heterocycles. The van der Waals surface area contributed by atoms with Crippen LogP contribution in [0.1, 0.15) is 17.3 Å². The molecular weight excluding hydrogens is 346 g/mol. The van der Waals surface area contributed by atoms with Crippen molar-refractivity contribution in [3.63, 3.8) is 0 Å². The molecule has 2 N–H and O–H groups in total. The molecule has 2 aromatic carbocycles. The summed E-state index contributed by atoms with van der Waals surface area (Å²) in [4.78, 5) is 41.6. The van der Waals surface area contributed by atoms with Gasteiger partial charge in [0.1, 0.15) is 6.54 Å². The molecule has 3 aromatic rings. The third kappa shape index (κ3) is 3.03. The van der Waals surface area contributed by atoms with Crippen molar-refractivity contribution in [2.75, 3.05) is 16.8 Å². The number of rotatable bonds is 3. The molecule has 27 heavy (non-hydrogen) atoms. The number of hydrogen-bond acceptors (Lipinski definition) is 4. The topological polar surface area (TPSA) is 91.5 Å². The number of fused-ring (bicyclic) bond motifs is 2. The van der Waals surface area contributed by atoms with Gasteiger partial charge in [0.15, 0.2) is 6.10 Å². The first-order valence-electron chi connectivity index (χ1n) is 8.52. The van der Waals surface area contributed by atoms with Crippen LogP contribution >= 0.6 is 0 Å². The number of hydrogen-bond donors (Lipinski definition) is 2. The van der Waals surface area contributed by atoms with Crippen LogP contribution in [0.3, 0.4) is 0 Å². The van der Waals surface area contributed by atoms with Crippen LogP contribution in [0.5, 0.6) is 0 Å². The average Bonchev–Trinajstić information content (AvgIpc) is 3.11. The van der Waals surface area contributed by atoms with E-state index < -0.39 is 18.0 Å². The molecule has 0 spiro atoms. The normalized spacial score (nSPS) is 14.4. The molecule has 2 heterocycles. The largest absolute Gasteiger partial charge is 0.449 e. The molecule has 0 unspecified atom stereocenters. The molecule has 0 fully saturated rings. The summed E-state index contributed by atoms with van der Waals surface area (Å²) >= 11 is 0. The first-order valence-corrected chi connectivity index (χ1v) is 8.52. The Balaban J connectivity index is 1.55. The number of carbonyl (C=O) groups is 3. The number of aromatic amines is 1. The Kier molecular flexibility index (Phi) is 4.12. The highest BCUT2D eigenvalue weighted by molar-refractivity contribution is 6.11. The molecule has 0 radical (unpaired) electrons. The molecule has 7 heteroatoms. The average molecular weight is 363 g/mol. The smallest absolute Gasteiger partial charge is 0.341 e. The van der Waals surface area contributed by atoms with Gasteiger partial charge < -0.3 is 15.0 Å². The highest BCUT2D eigenvalue weighted by Crippen LogP contribution is 2.29.